The van der Waals surface area contributed by atoms with Crippen molar-refractivity contribution in [2.24, 2.45) is 0 Å². The Balaban J connectivity index is 1.63. The number of anilines is 2. The SMILES string of the molecule is Cc1cccc(C)c1NC(=O)CN(C)C(=O)Nc1cccc(S(=O)(=O)N2CCOCC2)c1. The number of para-hydroxylation sites is 1. The summed E-state index contributed by atoms with van der Waals surface area (Å²) >= 11 is 0. The van der Waals surface area contributed by atoms with Gasteiger partial charge in [0.1, 0.15) is 6.54 Å². The molecule has 1 aliphatic heterocycles. The Morgan fingerprint density at radius 3 is 2.31 bits per heavy atom. The number of ether oxygens (including phenoxy) is 1. The molecule has 10 heteroatoms. The third kappa shape index (κ3) is 5.64. The molecule has 0 bridgehead atoms. The first kappa shape index (κ1) is 23.7. The molecule has 1 heterocycles. The average molecular weight is 461 g/mol. The molecule has 32 heavy (non-hydrogen) atoms. The molecule has 1 saturated heterocycles. The molecule has 1 fully saturated rings. The average Bonchev–Trinajstić information content (AvgIpc) is 2.77. The number of morpholine rings is 1. The van der Waals surface area contributed by atoms with E-state index in [1.807, 2.05) is 32.0 Å². The fourth-order valence-corrected chi connectivity index (χ4v) is 4.82. The van der Waals surface area contributed by atoms with Crippen molar-refractivity contribution in [1.29, 1.82) is 0 Å². The molecule has 0 aromatic heterocycles. The number of amides is 3. The first-order valence-electron chi connectivity index (χ1n) is 10.2. The van der Waals surface area contributed by atoms with Crippen LogP contribution in [0.1, 0.15) is 11.1 Å². The second kappa shape index (κ2) is 10.1. The number of carbonyl (C=O) groups is 2. The largest absolute Gasteiger partial charge is 0.379 e. The first-order valence-corrected chi connectivity index (χ1v) is 11.7. The highest BCUT2D eigenvalue weighted by Gasteiger charge is 2.26. The Bertz CT molecular complexity index is 1080. The second-order valence-corrected chi connectivity index (χ2v) is 9.58. The summed E-state index contributed by atoms with van der Waals surface area (Å²) in [5, 5.41) is 5.49. The minimum Gasteiger partial charge on any atom is -0.379 e. The van der Waals surface area contributed by atoms with E-state index in [2.05, 4.69) is 10.6 Å². The van der Waals surface area contributed by atoms with E-state index >= 15 is 0 Å². The molecule has 9 nitrogen and oxygen atoms in total. The van der Waals surface area contributed by atoms with Crippen LogP contribution >= 0.6 is 0 Å². The van der Waals surface area contributed by atoms with Gasteiger partial charge in [0.2, 0.25) is 15.9 Å². The van der Waals surface area contributed by atoms with E-state index in [-0.39, 0.29) is 30.4 Å². The van der Waals surface area contributed by atoms with Crippen LogP contribution in [0.25, 0.3) is 0 Å². The molecule has 172 valence electrons. The fourth-order valence-electron chi connectivity index (χ4n) is 3.37. The number of urea groups is 1. The normalized spacial score (nSPS) is 14.6. The van der Waals surface area contributed by atoms with Crippen LogP contribution in [0.15, 0.2) is 47.4 Å². The van der Waals surface area contributed by atoms with Crippen LogP contribution in [0.2, 0.25) is 0 Å². The molecular formula is C22H28N4O5S. The molecule has 3 amide bonds. The van der Waals surface area contributed by atoms with Gasteiger partial charge >= 0.3 is 6.03 Å². The van der Waals surface area contributed by atoms with Crippen molar-refractivity contribution in [2.45, 2.75) is 18.7 Å². The van der Waals surface area contributed by atoms with Gasteiger partial charge in [-0.25, -0.2) is 13.2 Å². The van der Waals surface area contributed by atoms with E-state index in [1.165, 1.54) is 28.4 Å². The van der Waals surface area contributed by atoms with E-state index in [9.17, 15) is 18.0 Å². The zero-order valence-corrected chi connectivity index (χ0v) is 19.2. The lowest BCUT2D eigenvalue weighted by atomic mass is 10.1. The molecule has 0 saturated carbocycles. The summed E-state index contributed by atoms with van der Waals surface area (Å²) in [7, 11) is -2.18. The van der Waals surface area contributed by atoms with Crippen LogP contribution < -0.4 is 10.6 Å². The first-order chi connectivity index (χ1) is 15.2. The lowest BCUT2D eigenvalue weighted by Crippen LogP contribution is -2.40. The number of likely N-dealkylation sites (N-methyl/N-ethyl adjacent to an activating group) is 1. The number of hydrogen-bond donors (Lipinski definition) is 2. The molecule has 0 unspecified atom stereocenters. The number of carbonyl (C=O) groups excluding carboxylic acids is 2. The van der Waals surface area contributed by atoms with Gasteiger partial charge in [0, 0.05) is 31.5 Å². The lowest BCUT2D eigenvalue weighted by Gasteiger charge is -2.26. The summed E-state index contributed by atoms with van der Waals surface area (Å²) in [6.07, 6.45) is 0. The monoisotopic (exact) mass is 460 g/mol. The predicted molar refractivity (Wildman–Crippen MR) is 122 cm³/mol. The summed E-state index contributed by atoms with van der Waals surface area (Å²) in [6.45, 7) is 4.92. The molecule has 1 aliphatic rings. The van der Waals surface area contributed by atoms with Gasteiger partial charge in [-0.3, -0.25) is 4.79 Å². The lowest BCUT2D eigenvalue weighted by molar-refractivity contribution is -0.116. The smallest absolute Gasteiger partial charge is 0.322 e. The Morgan fingerprint density at radius 1 is 1.03 bits per heavy atom. The zero-order valence-electron chi connectivity index (χ0n) is 18.4. The third-order valence-corrected chi connectivity index (χ3v) is 7.06. The topological polar surface area (TPSA) is 108 Å². The van der Waals surface area contributed by atoms with Gasteiger partial charge in [-0.2, -0.15) is 4.31 Å². The maximum absolute atomic E-state index is 12.8. The molecule has 3 rings (SSSR count). The zero-order chi connectivity index (χ0) is 23.3. The minimum absolute atomic E-state index is 0.0904. The fraction of sp³-hybridized carbons (Fsp3) is 0.364. The van der Waals surface area contributed by atoms with Crippen molar-refractivity contribution in [2.75, 3.05) is 50.5 Å². The molecule has 0 atom stereocenters. The van der Waals surface area contributed by atoms with E-state index in [0.717, 1.165) is 16.8 Å². The van der Waals surface area contributed by atoms with Crippen LogP contribution in [0, 0.1) is 13.8 Å². The highest BCUT2D eigenvalue weighted by atomic mass is 32.2. The number of benzene rings is 2. The molecule has 0 aliphatic carbocycles. The highest BCUT2D eigenvalue weighted by Crippen LogP contribution is 2.21. The maximum Gasteiger partial charge on any atom is 0.322 e. The molecule has 2 N–H and O–H groups in total. The highest BCUT2D eigenvalue weighted by molar-refractivity contribution is 7.89. The van der Waals surface area contributed by atoms with Crippen molar-refractivity contribution in [3.05, 3.63) is 53.6 Å². The van der Waals surface area contributed by atoms with E-state index in [4.69, 9.17) is 4.74 Å². The van der Waals surface area contributed by atoms with Crippen molar-refractivity contribution >= 4 is 33.3 Å². The number of aryl methyl sites for hydroxylation is 2. The number of nitrogens with one attached hydrogen (secondary N) is 2. The second-order valence-electron chi connectivity index (χ2n) is 7.65. The Hall–Kier alpha value is -2.95. The summed E-state index contributed by atoms with van der Waals surface area (Å²) in [6, 6.07) is 11.2. The van der Waals surface area contributed by atoms with Gasteiger partial charge in [0.25, 0.3) is 0 Å². The van der Waals surface area contributed by atoms with Gasteiger partial charge in [-0.15, -0.1) is 0 Å². The molecule has 2 aromatic rings. The van der Waals surface area contributed by atoms with Gasteiger partial charge in [-0.1, -0.05) is 24.3 Å². The van der Waals surface area contributed by atoms with Crippen LogP contribution in [-0.4, -0.2) is 69.5 Å². The van der Waals surface area contributed by atoms with Crippen molar-refractivity contribution in [1.82, 2.24) is 9.21 Å². The van der Waals surface area contributed by atoms with E-state index < -0.39 is 16.1 Å². The summed E-state index contributed by atoms with van der Waals surface area (Å²) in [5.41, 5.74) is 2.92. The van der Waals surface area contributed by atoms with Crippen LogP contribution in [0.4, 0.5) is 16.2 Å². The van der Waals surface area contributed by atoms with Crippen molar-refractivity contribution in [3.63, 3.8) is 0 Å². The van der Waals surface area contributed by atoms with Gasteiger partial charge in [0.05, 0.1) is 18.1 Å². The molecule has 0 spiro atoms. The van der Waals surface area contributed by atoms with Crippen molar-refractivity contribution < 1.29 is 22.7 Å². The van der Waals surface area contributed by atoms with Gasteiger partial charge in [0.15, 0.2) is 0 Å². The Morgan fingerprint density at radius 2 is 1.66 bits per heavy atom. The summed E-state index contributed by atoms with van der Waals surface area (Å²) in [4.78, 5) is 26.3. The molecule has 2 aromatic carbocycles. The summed E-state index contributed by atoms with van der Waals surface area (Å²) in [5.74, 6) is -0.330. The molecule has 0 radical (unpaired) electrons. The van der Waals surface area contributed by atoms with Gasteiger partial charge < -0.3 is 20.3 Å². The maximum atomic E-state index is 12.8. The van der Waals surface area contributed by atoms with E-state index in [0.29, 0.717) is 18.9 Å². The van der Waals surface area contributed by atoms with Crippen LogP contribution in [0.3, 0.4) is 0 Å². The van der Waals surface area contributed by atoms with Crippen LogP contribution in [-0.2, 0) is 19.6 Å². The molecular weight excluding hydrogens is 432 g/mol. The Labute approximate surface area is 188 Å². The van der Waals surface area contributed by atoms with E-state index in [1.54, 1.807) is 12.1 Å². The minimum atomic E-state index is -3.68. The summed E-state index contributed by atoms with van der Waals surface area (Å²) < 4.78 is 32.2. The quantitative estimate of drug-likeness (QED) is 0.688. The van der Waals surface area contributed by atoms with Gasteiger partial charge in [-0.05, 0) is 43.2 Å². The number of hydrogen-bond acceptors (Lipinski definition) is 5. The number of nitrogens with zero attached hydrogens (tertiary/aromatic N) is 2. The third-order valence-electron chi connectivity index (χ3n) is 5.17. The number of sulfonamides is 1. The van der Waals surface area contributed by atoms with Crippen LogP contribution in [0.5, 0.6) is 0 Å². The standard InChI is InChI=1S/C22H28N4O5S/c1-16-6-4-7-17(2)21(16)24-20(27)15-25(3)22(28)23-18-8-5-9-19(14-18)32(29,30)26-10-12-31-13-11-26/h4-9,14H,10-13,15H2,1-3H3,(H,23,28)(H,24,27). The van der Waals surface area contributed by atoms with Crippen molar-refractivity contribution in [3.8, 4) is 0 Å². The predicted octanol–water partition coefficient (Wildman–Crippen LogP) is 2.43. The Kier molecular flexibility index (Phi) is 7.49. The number of rotatable bonds is 6.